The van der Waals surface area contributed by atoms with E-state index in [9.17, 15) is 8.42 Å². The Morgan fingerprint density at radius 3 is 2.05 bits per heavy atom. The molecular formula is C14H25N3O2S. The van der Waals surface area contributed by atoms with Crippen LogP contribution in [0.5, 0.6) is 0 Å². The van der Waals surface area contributed by atoms with Crippen LogP contribution >= 0.6 is 0 Å². The highest BCUT2D eigenvalue weighted by Crippen LogP contribution is 2.26. The van der Waals surface area contributed by atoms with Crippen molar-refractivity contribution >= 4 is 21.4 Å². The fourth-order valence-corrected chi connectivity index (χ4v) is 2.60. The number of hydrogen-bond donors (Lipinski definition) is 2. The Labute approximate surface area is 122 Å². The van der Waals surface area contributed by atoms with Gasteiger partial charge in [-0.05, 0) is 31.0 Å². The molecule has 0 fully saturated rings. The van der Waals surface area contributed by atoms with E-state index in [-0.39, 0.29) is 4.90 Å². The highest BCUT2D eigenvalue weighted by atomic mass is 32.2. The van der Waals surface area contributed by atoms with Crippen LogP contribution in [0.4, 0.5) is 11.4 Å². The summed E-state index contributed by atoms with van der Waals surface area (Å²) in [5, 5.41) is 5.12. The molecule has 1 aromatic carbocycles. The van der Waals surface area contributed by atoms with Gasteiger partial charge in [-0.1, -0.05) is 26.7 Å². The lowest BCUT2D eigenvalue weighted by atomic mass is 10.2. The minimum Gasteiger partial charge on any atom is -0.397 e. The van der Waals surface area contributed by atoms with Crippen LogP contribution in [-0.4, -0.2) is 21.5 Å². The molecule has 0 unspecified atom stereocenters. The zero-order valence-corrected chi connectivity index (χ0v) is 13.1. The summed E-state index contributed by atoms with van der Waals surface area (Å²) in [6.07, 6.45) is 4.38. The number of sulfonamides is 1. The monoisotopic (exact) mass is 299 g/mol. The fourth-order valence-electron chi connectivity index (χ4n) is 2.05. The second-order valence-corrected chi connectivity index (χ2v) is 6.52. The van der Waals surface area contributed by atoms with Crippen LogP contribution in [0.25, 0.3) is 0 Å². The lowest BCUT2D eigenvalue weighted by Crippen LogP contribution is -2.26. The number of nitrogen functional groups attached to an aromatic ring is 1. The van der Waals surface area contributed by atoms with E-state index in [0.717, 1.165) is 44.5 Å². The first-order valence-corrected chi connectivity index (χ1v) is 8.62. The Balaban J connectivity index is 3.01. The molecule has 0 aromatic heterocycles. The van der Waals surface area contributed by atoms with E-state index in [1.165, 1.54) is 12.1 Å². The average Bonchev–Trinajstić information content (AvgIpc) is 2.38. The van der Waals surface area contributed by atoms with Crippen molar-refractivity contribution < 1.29 is 8.42 Å². The lowest BCUT2D eigenvalue weighted by molar-refractivity contribution is 0.598. The first kappa shape index (κ1) is 16.8. The van der Waals surface area contributed by atoms with Gasteiger partial charge in [-0.3, -0.25) is 0 Å². The van der Waals surface area contributed by atoms with E-state index in [1.54, 1.807) is 6.07 Å². The molecule has 0 aliphatic rings. The SMILES string of the molecule is CCCCN(CCCC)c1ccc(S(N)(=O)=O)cc1N. The van der Waals surface area contributed by atoms with Gasteiger partial charge in [0.25, 0.3) is 0 Å². The quantitative estimate of drug-likeness (QED) is 0.721. The number of primary sulfonamides is 1. The summed E-state index contributed by atoms with van der Waals surface area (Å²) in [6, 6.07) is 4.71. The fraction of sp³-hybridized carbons (Fsp3) is 0.571. The predicted octanol–water partition coefficient (Wildman–Crippen LogP) is 2.32. The molecule has 20 heavy (non-hydrogen) atoms. The van der Waals surface area contributed by atoms with Crippen LogP contribution in [0, 0.1) is 0 Å². The van der Waals surface area contributed by atoms with Crippen molar-refractivity contribution in [3.63, 3.8) is 0 Å². The van der Waals surface area contributed by atoms with E-state index in [4.69, 9.17) is 10.9 Å². The Bertz CT molecular complexity index is 521. The van der Waals surface area contributed by atoms with Gasteiger partial charge in [-0.15, -0.1) is 0 Å². The van der Waals surface area contributed by atoms with Crippen molar-refractivity contribution in [3.05, 3.63) is 18.2 Å². The molecule has 0 spiro atoms. The number of nitrogens with zero attached hydrogens (tertiary/aromatic N) is 1. The summed E-state index contributed by atoms with van der Waals surface area (Å²) in [5.74, 6) is 0. The molecule has 0 aliphatic carbocycles. The summed E-state index contributed by atoms with van der Waals surface area (Å²) in [4.78, 5) is 2.28. The van der Waals surface area contributed by atoms with Gasteiger partial charge in [0.15, 0.2) is 0 Å². The van der Waals surface area contributed by atoms with E-state index < -0.39 is 10.0 Å². The van der Waals surface area contributed by atoms with Crippen LogP contribution < -0.4 is 15.8 Å². The third-order valence-electron chi connectivity index (χ3n) is 3.23. The normalized spacial score (nSPS) is 11.6. The Kier molecular flexibility index (Phi) is 6.29. The highest BCUT2D eigenvalue weighted by molar-refractivity contribution is 7.89. The van der Waals surface area contributed by atoms with Crippen LogP contribution in [0.3, 0.4) is 0 Å². The van der Waals surface area contributed by atoms with Gasteiger partial charge in [0.05, 0.1) is 16.3 Å². The molecule has 6 heteroatoms. The van der Waals surface area contributed by atoms with Crippen LogP contribution in [0.1, 0.15) is 39.5 Å². The molecule has 4 N–H and O–H groups in total. The van der Waals surface area contributed by atoms with Crippen molar-refractivity contribution in [1.82, 2.24) is 0 Å². The average molecular weight is 299 g/mol. The van der Waals surface area contributed by atoms with E-state index in [1.807, 2.05) is 0 Å². The maximum absolute atomic E-state index is 11.3. The third-order valence-corrected chi connectivity index (χ3v) is 4.14. The van der Waals surface area contributed by atoms with E-state index in [0.29, 0.717) is 5.69 Å². The standard InChI is InChI=1S/C14H25N3O2S/c1-3-5-9-17(10-6-4-2)14-8-7-12(11-13(14)15)20(16,18)19/h7-8,11H,3-6,9-10,15H2,1-2H3,(H2,16,18,19). The van der Waals surface area contributed by atoms with E-state index >= 15 is 0 Å². The molecule has 0 aliphatic heterocycles. The topological polar surface area (TPSA) is 89.4 Å². The highest BCUT2D eigenvalue weighted by Gasteiger charge is 2.13. The molecule has 0 atom stereocenters. The lowest BCUT2D eigenvalue weighted by Gasteiger charge is -2.26. The number of anilines is 2. The molecule has 5 nitrogen and oxygen atoms in total. The zero-order chi connectivity index (χ0) is 15.2. The number of unbranched alkanes of at least 4 members (excludes halogenated alkanes) is 2. The molecule has 0 saturated carbocycles. The molecule has 0 bridgehead atoms. The maximum atomic E-state index is 11.3. The van der Waals surface area contributed by atoms with E-state index in [2.05, 4.69) is 18.7 Å². The number of rotatable bonds is 8. The first-order valence-electron chi connectivity index (χ1n) is 7.07. The molecule has 0 saturated heterocycles. The predicted molar refractivity (Wildman–Crippen MR) is 84.3 cm³/mol. The number of nitrogens with two attached hydrogens (primary N) is 2. The Morgan fingerprint density at radius 2 is 1.65 bits per heavy atom. The van der Waals surface area contributed by atoms with Crippen LogP contribution in [0.15, 0.2) is 23.1 Å². The minimum atomic E-state index is -3.70. The number of benzene rings is 1. The smallest absolute Gasteiger partial charge is 0.238 e. The van der Waals surface area contributed by atoms with Gasteiger partial charge in [0.1, 0.15) is 0 Å². The van der Waals surface area contributed by atoms with Crippen LogP contribution in [0.2, 0.25) is 0 Å². The summed E-state index contributed by atoms with van der Waals surface area (Å²) in [6.45, 7) is 6.14. The van der Waals surface area contributed by atoms with Crippen molar-refractivity contribution in [2.75, 3.05) is 23.7 Å². The second-order valence-electron chi connectivity index (χ2n) is 4.96. The molecule has 0 amide bonds. The zero-order valence-electron chi connectivity index (χ0n) is 12.3. The van der Waals surface area contributed by atoms with Gasteiger partial charge < -0.3 is 10.6 Å². The van der Waals surface area contributed by atoms with Crippen molar-refractivity contribution in [2.45, 2.75) is 44.4 Å². The number of hydrogen-bond acceptors (Lipinski definition) is 4. The van der Waals surface area contributed by atoms with Gasteiger partial charge in [-0.2, -0.15) is 0 Å². The second kappa shape index (κ2) is 7.50. The van der Waals surface area contributed by atoms with Gasteiger partial charge in [0.2, 0.25) is 10.0 Å². The van der Waals surface area contributed by atoms with Crippen molar-refractivity contribution in [3.8, 4) is 0 Å². The maximum Gasteiger partial charge on any atom is 0.238 e. The third kappa shape index (κ3) is 4.68. The van der Waals surface area contributed by atoms with Gasteiger partial charge >= 0.3 is 0 Å². The molecule has 114 valence electrons. The largest absolute Gasteiger partial charge is 0.397 e. The summed E-state index contributed by atoms with van der Waals surface area (Å²) in [5.41, 5.74) is 7.35. The minimum absolute atomic E-state index is 0.0599. The Hall–Kier alpha value is -1.27. The Morgan fingerprint density at radius 1 is 1.10 bits per heavy atom. The molecule has 1 rings (SSSR count). The van der Waals surface area contributed by atoms with Crippen molar-refractivity contribution in [2.24, 2.45) is 5.14 Å². The first-order chi connectivity index (χ1) is 9.40. The van der Waals surface area contributed by atoms with Crippen LogP contribution in [-0.2, 0) is 10.0 Å². The summed E-state index contributed by atoms with van der Waals surface area (Å²) < 4.78 is 22.6. The molecular weight excluding hydrogens is 274 g/mol. The molecule has 0 heterocycles. The van der Waals surface area contributed by atoms with Gasteiger partial charge in [0, 0.05) is 13.1 Å². The molecule has 0 radical (unpaired) electrons. The molecule has 1 aromatic rings. The summed E-state index contributed by atoms with van der Waals surface area (Å²) in [7, 11) is -3.70. The van der Waals surface area contributed by atoms with Crippen molar-refractivity contribution in [1.29, 1.82) is 0 Å². The summed E-state index contributed by atoms with van der Waals surface area (Å²) >= 11 is 0. The van der Waals surface area contributed by atoms with Gasteiger partial charge in [-0.25, -0.2) is 13.6 Å².